The summed E-state index contributed by atoms with van der Waals surface area (Å²) in [5, 5.41) is 0. The zero-order chi connectivity index (χ0) is 14.5. The van der Waals surface area contributed by atoms with E-state index >= 15 is 0 Å². The lowest BCUT2D eigenvalue weighted by Crippen LogP contribution is -2.29. The molecule has 4 nitrogen and oxygen atoms in total. The number of carbonyl (C=O) groups is 1. The van der Waals surface area contributed by atoms with Crippen LogP contribution in [-0.2, 0) is 4.79 Å². The van der Waals surface area contributed by atoms with Gasteiger partial charge < -0.3 is 4.90 Å². The number of hydrogen-bond acceptors (Lipinski definition) is 3. The third kappa shape index (κ3) is 3.16. The van der Waals surface area contributed by atoms with E-state index in [1.165, 1.54) is 6.33 Å². The minimum atomic E-state index is 0.0416. The van der Waals surface area contributed by atoms with Crippen LogP contribution in [0.25, 0.3) is 6.08 Å². The van der Waals surface area contributed by atoms with E-state index in [1.54, 1.807) is 12.3 Å². The van der Waals surface area contributed by atoms with Gasteiger partial charge in [0.2, 0.25) is 5.91 Å². The van der Waals surface area contributed by atoms with Gasteiger partial charge in [0.05, 0.1) is 11.7 Å². The van der Waals surface area contributed by atoms with Crippen LogP contribution in [0.1, 0.15) is 30.1 Å². The molecule has 1 aliphatic rings. The Bertz CT molecular complexity index is 625. The van der Waals surface area contributed by atoms with Crippen molar-refractivity contribution in [1.29, 1.82) is 0 Å². The number of likely N-dealkylation sites (tertiary alicyclic amines) is 1. The number of nitrogens with zero attached hydrogens (tertiary/aromatic N) is 3. The Morgan fingerprint density at radius 1 is 1.24 bits per heavy atom. The molecule has 0 radical (unpaired) electrons. The van der Waals surface area contributed by atoms with Crippen molar-refractivity contribution in [3.63, 3.8) is 0 Å². The van der Waals surface area contributed by atoms with E-state index < -0.39 is 0 Å². The molecule has 2 heterocycles. The van der Waals surface area contributed by atoms with Crippen molar-refractivity contribution in [2.75, 3.05) is 6.54 Å². The van der Waals surface area contributed by atoms with Crippen molar-refractivity contribution in [2.45, 2.75) is 18.9 Å². The van der Waals surface area contributed by atoms with Crippen LogP contribution in [0, 0.1) is 0 Å². The van der Waals surface area contributed by atoms with Crippen LogP contribution in [0.3, 0.4) is 0 Å². The van der Waals surface area contributed by atoms with Crippen LogP contribution in [0.15, 0.2) is 55.0 Å². The monoisotopic (exact) mass is 279 g/mol. The van der Waals surface area contributed by atoms with E-state index in [9.17, 15) is 4.79 Å². The van der Waals surface area contributed by atoms with Gasteiger partial charge in [-0.25, -0.2) is 9.97 Å². The van der Waals surface area contributed by atoms with Crippen molar-refractivity contribution in [3.05, 3.63) is 66.3 Å². The maximum atomic E-state index is 12.4. The molecular weight excluding hydrogens is 262 g/mol. The molecule has 1 aromatic carbocycles. The normalized spacial score (nSPS) is 18.3. The zero-order valence-electron chi connectivity index (χ0n) is 11.7. The molecule has 1 aliphatic heterocycles. The van der Waals surface area contributed by atoms with Gasteiger partial charge in [0, 0.05) is 18.8 Å². The Labute approximate surface area is 124 Å². The van der Waals surface area contributed by atoms with Gasteiger partial charge in [0.1, 0.15) is 6.33 Å². The number of benzene rings is 1. The summed E-state index contributed by atoms with van der Waals surface area (Å²) in [5.41, 5.74) is 1.95. The van der Waals surface area contributed by atoms with E-state index in [1.807, 2.05) is 47.4 Å². The van der Waals surface area contributed by atoms with Crippen LogP contribution in [0.5, 0.6) is 0 Å². The second-order valence-electron chi connectivity index (χ2n) is 5.07. The fraction of sp³-hybridized carbons (Fsp3) is 0.235. The van der Waals surface area contributed by atoms with Crippen LogP contribution in [-0.4, -0.2) is 27.3 Å². The van der Waals surface area contributed by atoms with E-state index in [4.69, 9.17) is 0 Å². The Balaban J connectivity index is 1.73. The summed E-state index contributed by atoms with van der Waals surface area (Å²) in [6, 6.07) is 11.8. The first-order chi connectivity index (χ1) is 10.3. The van der Waals surface area contributed by atoms with Crippen LogP contribution >= 0.6 is 0 Å². The van der Waals surface area contributed by atoms with E-state index in [0.717, 1.165) is 30.6 Å². The number of amides is 1. The Morgan fingerprint density at radius 3 is 2.86 bits per heavy atom. The molecule has 0 aliphatic carbocycles. The van der Waals surface area contributed by atoms with Gasteiger partial charge in [0.15, 0.2) is 0 Å². The molecule has 0 spiro atoms. The average Bonchev–Trinajstić information content (AvgIpc) is 3.04. The lowest BCUT2D eigenvalue weighted by Gasteiger charge is -2.22. The highest BCUT2D eigenvalue weighted by atomic mass is 16.2. The average molecular weight is 279 g/mol. The molecule has 1 fully saturated rings. The van der Waals surface area contributed by atoms with Crippen molar-refractivity contribution in [1.82, 2.24) is 14.9 Å². The van der Waals surface area contributed by atoms with Crippen molar-refractivity contribution < 1.29 is 4.79 Å². The van der Waals surface area contributed by atoms with Crippen molar-refractivity contribution >= 4 is 12.0 Å². The maximum absolute atomic E-state index is 12.4. The van der Waals surface area contributed by atoms with Crippen molar-refractivity contribution in [3.8, 4) is 0 Å². The van der Waals surface area contributed by atoms with Gasteiger partial charge in [-0.3, -0.25) is 4.79 Å². The molecule has 2 aromatic rings. The Kier molecular flexibility index (Phi) is 4.05. The van der Waals surface area contributed by atoms with Gasteiger partial charge in [-0.1, -0.05) is 30.3 Å². The summed E-state index contributed by atoms with van der Waals surface area (Å²) in [6.45, 7) is 0.784. The number of aromatic nitrogens is 2. The SMILES string of the molecule is O=C(/C=C/c1ccccc1)N1CCC[C@@H]1c1ccncn1. The molecule has 0 N–H and O–H groups in total. The second-order valence-corrected chi connectivity index (χ2v) is 5.07. The smallest absolute Gasteiger partial charge is 0.247 e. The lowest BCUT2D eigenvalue weighted by atomic mass is 10.1. The highest BCUT2D eigenvalue weighted by Gasteiger charge is 2.29. The van der Waals surface area contributed by atoms with E-state index in [2.05, 4.69) is 9.97 Å². The molecule has 0 unspecified atom stereocenters. The van der Waals surface area contributed by atoms with Crippen molar-refractivity contribution in [2.24, 2.45) is 0 Å². The summed E-state index contributed by atoms with van der Waals surface area (Å²) >= 11 is 0. The molecule has 1 atom stereocenters. The van der Waals surface area contributed by atoms with Gasteiger partial charge in [-0.05, 0) is 30.5 Å². The number of rotatable bonds is 3. The molecule has 0 saturated carbocycles. The van der Waals surface area contributed by atoms with Gasteiger partial charge in [-0.2, -0.15) is 0 Å². The minimum Gasteiger partial charge on any atom is -0.331 e. The predicted molar refractivity (Wildman–Crippen MR) is 81.2 cm³/mol. The molecule has 1 saturated heterocycles. The van der Waals surface area contributed by atoms with Gasteiger partial charge in [-0.15, -0.1) is 0 Å². The molecular formula is C17H17N3O. The molecule has 1 amide bonds. The number of hydrogen-bond donors (Lipinski definition) is 0. The minimum absolute atomic E-state index is 0.0416. The lowest BCUT2D eigenvalue weighted by molar-refractivity contribution is -0.126. The maximum Gasteiger partial charge on any atom is 0.247 e. The Hall–Kier alpha value is -2.49. The third-order valence-electron chi connectivity index (χ3n) is 3.70. The molecule has 1 aromatic heterocycles. The highest BCUT2D eigenvalue weighted by molar-refractivity contribution is 5.92. The van der Waals surface area contributed by atoms with Gasteiger partial charge in [0.25, 0.3) is 0 Å². The zero-order valence-corrected chi connectivity index (χ0v) is 11.7. The van der Waals surface area contributed by atoms with Crippen LogP contribution in [0.2, 0.25) is 0 Å². The molecule has 21 heavy (non-hydrogen) atoms. The molecule has 0 bridgehead atoms. The first kappa shape index (κ1) is 13.5. The Morgan fingerprint density at radius 2 is 2.10 bits per heavy atom. The highest BCUT2D eigenvalue weighted by Crippen LogP contribution is 2.30. The fourth-order valence-corrected chi connectivity index (χ4v) is 2.66. The van der Waals surface area contributed by atoms with Crippen LogP contribution < -0.4 is 0 Å². The van der Waals surface area contributed by atoms with Crippen LogP contribution in [0.4, 0.5) is 0 Å². The quantitative estimate of drug-likeness (QED) is 0.812. The second kappa shape index (κ2) is 6.31. The predicted octanol–water partition coefficient (Wildman–Crippen LogP) is 2.85. The molecule has 106 valence electrons. The first-order valence-electron chi connectivity index (χ1n) is 7.14. The summed E-state index contributed by atoms with van der Waals surface area (Å²) in [6.07, 6.45) is 8.74. The topological polar surface area (TPSA) is 46.1 Å². The van der Waals surface area contributed by atoms with Gasteiger partial charge >= 0.3 is 0 Å². The summed E-state index contributed by atoms with van der Waals surface area (Å²) in [4.78, 5) is 22.5. The third-order valence-corrected chi connectivity index (χ3v) is 3.70. The number of carbonyl (C=O) groups excluding carboxylic acids is 1. The molecule has 3 rings (SSSR count). The molecule has 4 heteroatoms. The van der Waals surface area contributed by atoms with E-state index in [-0.39, 0.29) is 11.9 Å². The first-order valence-corrected chi connectivity index (χ1v) is 7.14. The fourth-order valence-electron chi connectivity index (χ4n) is 2.66. The summed E-state index contributed by atoms with van der Waals surface area (Å²) in [5.74, 6) is 0.0416. The summed E-state index contributed by atoms with van der Waals surface area (Å²) < 4.78 is 0. The standard InChI is InChI=1S/C17H17N3O/c21-17(9-8-14-5-2-1-3-6-14)20-12-4-7-16(20)15-10-11-18-13-19-15/h1-3,5-6,8-11,13,16H,4,7,12H2/b9-8+/t16-/m1/s1. The largest absolute Gasteiger partial charge is 0.331 e. The van der Waals surface area contributed by atoms with E-state index in [0.29, 0.717) is 0 Å². The summed E-state index contributed by atoms with van der Waals surface area (Å²) in [7, 11) is 0.